The summed E-state index contributed by atoms with van der Waals surface area (Å²) in [7, 11) is 0. The predicted octanol–water partition coefficient (Wildman–Crippen LogP) is 3.54. The molecule has 114 valence electrons. The van der Waals surface area contributed by atoms with Gasteiger partial charge in [0.2, 0.25) is 0 Å². The maximum Gasteiger partial charge on any atom is 0.193 e. The van der Waals surface area contributed by atoms with Crippen LogP contribution in [-0.4, -0.2) is 10.9 Å². The van der Waals surface area contributed by atoms with E-state index in [0.717, 1.165) is 24.2 Å². The van der Waals surface area contributed by atoms with Gasteiger partial charge >= 0.3 is 0 Å². The number of nitrogens with one attached hydrogen (secondary N) is 1. The number of anilines is 1. The number of benzene rings is 1. The van der Waals surface area contributed by atoms with E-state index in [0.29, 0.717) is 17.5 Å². The Morgan fingerprint density at radius 2 is 2.09 bits per heavy atom. The molecule has 0 unspecified atom stereocenters. The molecule has 0 bridgehead atoms. The van der Waals surface area contributed by atoms with Crippen LogP contribution < -0.4 is 11.1 Å². The van der Waals surface area contributed by atoms with E-state index in [1.165, 1.54) is 24.0 Å². The zero-order valence-corrected chi connectivity index (χ0v) is 13.1. The minimum atomic E-state index is 0.413. The highest BCUT2D eigenvalue weighted by molar-refractivity contribution is 6.30. The fourth-order valence-corrected chi connectivity index (χ4v) is 2.85. The van der Waals surface area contributed by atoms with Crippen LogP contribution in [0.15, 0.2) is 41.5 Å². The SMILES string of the molecule is NC(=NCc1ccc(Cl)cn1)Nc1cccc2c1CCCC2. The van der Waals surface area contributed by atoms with Crippen LogP contribution in [0.1, 0.15) is 29.7 Å². The maximum atomic E-state index is 6.00. The fourth-order valence-electron chi connectivity index (χ4n) is 2.74. The number of hydrogen-bond acceptors (Lipinski definition) is 2. The van der Waals surface area contributed by atoms with Gasteiger partial charge in [0.15, 0.2) is 5.96 Å². The van der Waals surface area contributed by atoms with Gasteiger partial charge in [-0.05, 0) is 55.0 Å². The molecule has 0 amide bonds. The summed E-state index contributed by atoms with van der Waals surface area (Å²) >= 11 is 5.81. The van der Waals surface area contributed by atoms with Gasteiger partial charge in [0.1, 0.15) is 0 Å². The highest BCUT2D eigenvalue weighted by Crippen LogP contribution is 2.27. The molecule has 0 saturated carbocycles. The predicted molar refractivity (Wildman–Crippen MR) is 91.3 cm³/mol. The Kier molecular flexibility index (Phi) is 4.59. The molecule has 0 fully saturated rings. The van der Waals surface area contributed by atoms with Crippen LogP contribution >= 0.6 is 11.6 Å². The van der Waals surface area contributed by atoms with Gasteiger partial charge in [-0.3, -0.25) is 4.98 Å². The van der Waals surface area contributed by atoms with Crippen molar-refractivity contribution in [3.63, 3.8) is 0 Å². The lowest BCUT2D eigenvalue weighted by atomic mass is 9.90. The number of nitrogens with zero attached hydrogens (tertiary/aromatic N) is 2. The number of hydrogen-bond donors (Lipinski definition) is 2. The average molecular weight is 315 g/mol. The molecule has 0 aliphatic heterocycles. The Hall–Kier alpha value is -2.07. The first-order valence-corrected chi connectivity index (χ1v) is 7.88. The zero-order valence-electron chi connectivity index (χ0n) is 12.3. The lowest BCUT2D eigenvalue weighted by Crippen LogP contribution is -2.24. The van der Waals surface area contributed by atoms with Gasteiger partial charge in [-0.25, -0.2) is 4.99 Å². The van der Waals surface area contributed by atoms with Crippen molar-refractivity contribution >= 4 is 23.2 Å². The molecule has 0 radical (unpaired) electrons. The van der Waals surface area contributed by atoms with Crippen LogP contribution in [0.4, 0.5) is 5.69 Å². The fraction of sp³-hybridized carbons (Fsp3) is 0.294. The standard InChI is InChI=1S/C17H19ClN4/c18-13-8-9-14(20-10-13)11-21-17(19)22-16-7-3-5-12-4-1-2-6-15(12)16/h3,5,7-10H,1-2,4,6,11H2,(H3,19,21,22). The first-order chi connectivity index (χ1) is 10.7. The van der Waals surface area contributed by atoms with E-state index >= 15 is 0 Å². The summed E-state index contributed by atoms with van der Waals surface area (Å²) in [6.45, 7) is 0.436. The molecule has 5 heteroatoms. The number of nitrogens with two attached hydrogens (primary N) is 1. The monoisotopic (exact) mass is 314 g/mol. The number of halogens is 1. The summed E-state index contributed by atoms with van der Waals surface area (Å²) in [5.74, 6) is 0.413. The molecule has 1 aromatic carbocycles. The van der Waals surface area contributed by atoms with Crippen molar-refractivity contribution in [2.45, 2.75) is 32.2 Å². The van der Waals surface area contributed by atoms with E-state index in [1.54, 1.807) is 12.3 Å². The van der Waals surface area contributed by atoms with Crippen LogP contribution in [-0.2, 0) is 19.4 Å². The van der Waals surface area contributed by atoms with Crippen molar-refractivity contribution in [3.05, 3.63) is 58.4 Å². The summed E-state index contributed by atoms with van der Waals surface area (Å²) in [4.78, 5) is 8.55. The molecule has 0 atom stereocenters. The number of pyridine rings is 1. The summed E-state index contributed by atoms with van der Waals surface area (Å²) < 4.78 is 0. The molecule has 3 N–H and O–H groups in total. The van der Waals surface area contributed by atoms with Crippen LogP contribution in [0, 0.1) is 0 Å². The van der Waals surface area contributed by atoms with Crippen molar-refractivity contribution in [1.29, 1.82) is 0 Å². The highest BCUT2D eigenvalue weighted by atomic mass is 35.5. The topological polar surface area (TPSA) is 63.3 Å². The van der Waals surface area contributed by atoms with Crippen LogP contribution in [0.25, 0.3) is 0 Å². The third kappa shape index (κ3) is 3.57. The molecule has 1 aliphatic carbocycles. The minimum absolute atomic E-state index is 0.413. The number of guanidine groups is 1. The second kappa shape index (κ2) is 6.79. The van der Waals surface area contributed by atoms with Crippen molar-refractivity contribution < 1.29 is 0 Å². The first-order valence-electron chi connectivity index (χ1n) is 7.50. The van der Waals surface area contributed by atoms with Crippen LogP contribution in [0.3, 0.4) is 0 Å². The lowest BCUT2D eigenvalue weighted by molar-refractivity contribution is 0.687. The quantitative estimate of drug-likeness (QED) is 0.673. The van der Waals surface area contributed by atoms with Crippen molar-refractivity contribution in [3.8, 4) is 0 Å². The van der Waals surface area contributed by atoms with Crippen molar-refractivity contribution in [2.75, 3.05) is 5.32 Å². The van der Waals surface area contributed by atoms with Crippen molar-refractivity contribution in [1.82, 2.24) is 4.98 Å². The van der Waals surface area contributed by atoms with Gasteiger partial charge in [0.25, 0.3) is 0 Å². The molecular weight excluding hydrogens is 296 g/mol. The van der Waals surface area contributed by atoms with E-state index in [-0.39, 0.29) is 0 Å². The van der Waals surface area contributed by atoms with E-state index < -0.39 is 0 Å². The summed E-state index contributed by atoms with van der Waals surface area (Å²) in [5, 5.41) is 3.85. The smallest absolute Gasteiger partial charge is 0.193 e. The molecule has 0 saturated heterocycles. The maximum absolute atomic E-state index is 6.00. The Morgan fingerprint density at radius 1 is 1.23 bits per heavy atom. The number of fused-ring (bicyclic) bond motifs is 1. The summed E-state index contributed by atoms with van der Waals surface area (Å²) in [6.07, 6.45) is 6.37. The van der Waals surface area contributed by atoms with Crippen LogP contribution in [0.2, 0.25) is 5.02 Å². The van der Waals surface area contributed by atoms with E-state index in [4.69, 9.17) is 17.3 Å². The molecule has 1 heterocycles. The Morgan fingerprint density at radius 3 is 2.91 bits per heavy atom. The second-order valence-corrected chi connectivity index (χ2v) is 5.88. The number of aliphatic imine (C=N–C) groups is 1. The molecule has 3 rings (SSSR count). The third-order valence-corrected chi connectivity index (χ3v) is 4.08. The number of rotatable bonds is 3. The summed E-state index contributed by atoms with van der Waals surface area (Å²) in [5.41, 5.74) is 10.7. The molecule has 1 aliphatic rings. The first kappa shape index (κ1) is 14.9. The Bertz CT molecular complexity index is 680. The molecule has 1 aromatic heterocycles. The van der Waals surface area contributed by atoms with Crippen LogP contribution in [0.5, 0.6) is 0 Å². The van der Waals surface area contributed by atoms with Crippen molar-refractivity contribution in [2.24, 2.45) is 10.7 Å². The van der Waals surface area contributed by atoms with Gasteiger partial charge in [-0.15, -0.1) is 0 Å². The average Bonchev–Trinajstić information content (AvgIpc) is 2.55. The number of aromatic nitrogens is 1. The van der Waals surface area contributed by atoms with Gasteiger partial charge < -0.3 is 11.1 Å². The molecule has 4 nitrogen and oxygen atoms in total. The Balaban J connectivity index is 1.70. The molecular formula is C17H19ClN4. The van der Waals surface area contributed by atoms with Gasteiger partial charge in [-0.2, -0.15) is 0 Å². The minimum Gasteiger partial charge on any atom is -0.370 e. The highest BCUT2D eigenvalue weighted by Gasteiger charge is 2.13. The number of aryl methyl sites for hydroxylation is 1. The normalized spacial score (nSPS) is 14.5. The second-order valence-electron chi connectivity index (χ2n) is 5.44. The molecule has 22 heavy (non-hydrogen) atoms. The van der Waals surface area contributed by atoms with E-state index in [1.807, 2.05) is 6.07 Å². The molecule has 0 spiro atoms. The Labute approximate surface area is 135 Å². The zero-order chi connectivity index (χ0) is 15.4. The van der Waals surface area contributed by atoms with Gasteiger partial charge in [0.05, 0.1) is 17.3 Å². The van der Waals surface area contributed by atoms with Gasteiger partial charge in [0, 0.05) is 11.9 Å². The summed E-state index contributed by atoms with van der Waals surface area (Å²) in [6, 6.07) is 9.98. The van der Waals surface area contributed by atoms with Gasteiger partial charge in [-0.1, -0.05) is 23.7 Å². The largest absolute Gasteiger partial charge is 0.370 e. The van der Waals surface area contributed by atoms with E-state index in [2.05, 4.69) is 33.5 Å². The van der Waals surface area contributed by atoms with E-state index in [9.17, 15) is 0 Å². The molecule has 2 aromatic rings. The third-order valence-electron chi connectivity index (χ3n) is 3.86. The lowest BCUT2D eigenvalue weighted by Gasteiger charge is -2.19.